The Kier molecular flexibility index (Phi) is 9.60. The van der Waals surface area contributed by atoms with Crippen LogP contribution in [0.3, 0.4) is 0 Å². The van der Waals surface area contributed by atoms with Crippen LogP contribution in [-0.4, -0.2) is 59.6 Å². The molecule has 5 rings (SSSR count). The number of carbonyl (C=O) groups is 3. The van der Waals surface area contributed by atoms with Gasteiger partial charge >= 0.3 is 12.1 Å². The van der Waals surface area contributed by atoms with Crippen molar-refractivity contribution in [1.29, 1.82) is 0 Å². The molecule has 0 saturated carbocycles. The zero-order valence-corrected chi connectivity index (χ0v) is 29.0. The van der Waals surface area contributed by atoms with Gasteiger partial charge in [0.2, 0.25) is 5.91 Å². The van der Waals surface area contributed by atoms with Gasteiger partial charge in [-0.3, -0.25) is 4.79 Å². The predicted octanol–water partition coefficient (Wildman–Crippen LogP) is 8.18. The van der Waals surface area contributed by atoms with E-state index in [2.05, 4.69) is 31.4 Å². The van der Waals surface area contributed by atoms with E-state index < -0.39 is 22.9 Å². The van der Waals surface area contributed by atoms with Gasteiger partial charge in [-0.2, -0.15) is 0 Å². The predicted molar refractivity (Wildman–Crippen MR) is 179 cm³/mol. The van der Waals surface area contributed by atoms with Crippen molar-refractivity contribution >= 4 is 46.9 Å². The topological polar surface area (TPSA) is 91.0 Å². The van der Waals surface area contributed by atoms with E-state index in [9.17, 15) is 14.4 Å². The van der Waals surface area contributed by atoms with Gasteiger partial charge in [0.25, 0.3) is 0 Å². The first-order valence-corrected chi connectivity index (χ1v) is 16.8. The molecule has 2 saturated heterocycles. The highest BCUT2D eigenvalue weighted by molar-refractivity contribution is 6.31. The number of fused-ring (bicyclic) bond motifs is 2. The van der Waals surface area contributed by atoms with Crippen LogP contribution in [-0.2, 0) is 14.9 Å². The molecule has 3 atom stereocenters. The van der Waals surface area contributed by atoms with Gasteiger partial charge in [0.1, 0.15) is 16.8 Å². The second-order valence-corrected chi connectivity index (χ2v) is 15.9. The number of benzene rings is 2. The highest BCUT2D eigenvalue weighted by Gasteiger charge is 2.65. The second kappa shape index (κ2) is 12.9. The molecule has 4 amide bonds. The summed E-state index contributed by atoms with van der Waals surface area (Å²) in [4.78, 5) is 44.2. The molecule has 1 unspecified atom stereocenters. The zero-order valence-electron chi connectivity index (χ0n) is 27.5. The summed E-state index contributed by atoms with van der Waals surface area (Å²) in [5.74, 6) is -0.914. The van der Waals surface area contributed by atoms with E-state index in [-0.39, 0.29) is 46.5 Å². The average molecular weight is 676 g/mol. The van der Waals surface area contributed by atoms with Crippen LogP contribution in [0.1, 0.15) is 84.4 Å². The number of anilines is 1. The van der Waals surface area contributed by atoms with Crippen molar-refractivity contribution in [3.05, 3.63) is 63.4 Å². The lowest BCUT2D eigenvalue weighted by atomic mass is 9.63. The Balaban J connectivity index is 1.40. The Morgan fingerprint density at radius 1 is 1.09 bits per heavy atom. The number of rotatable bonds is 5. The third-order valence-corrected chi connectivity index (χ3v) is 9.87. The maximum Gasteiger partial charge on any atom is 0.410 e. The van der Waals surface area contributed by atoms with Crippen LogP contribution < -0.4 is 10.6 Å². The lowest BCUT2D eigenvalue weighted by Crippen LogP contribution is -2.48. The number of piperidine rings is 1. The molecule has 2 aromatic rings. The Labute approximate surface area is 281 Å². The maximum absolute atomic E-state index is 16.0. The van der Waals surface area contributed by atoms with Crippen molar-refractivity contribution in [3.8, 4) is 0 Å². The Bertz CT molecular complexity index is 1500. The van der Waals surface area contributed by atoms with E-state index >= 15 is 4.39 Å². The molecule has 0 aliphatic carbocycles. The van der Waals surface area contributed by atoms with Crippen LogP contribution in [0.4, 0.5) is 19.7 Å². The molecule has 1 spiro atoms. The molecule has 2 fully saturated rings. The number of hydrogen-bond acceptors (Lipinski definition) is 4. The SMILES string of the molecule is CC(C)(C)C[C@@H]1CN(C(=O)NCCC2CCN(C(=O)OC(C)(C)C)CC2)[C@H](c2cccc(Cl)c2F)C12C(=O)Nc1cc(Cl)ccc12. The normalized spacial score (nSPS) is 23.5. The first-order chi connectivity index (χ1) is 21.5. The van der Waals surface area contributed by atoms with Crippen LogP contribution in [0.15, 0.2) is 36.4 Å². The van der Waals surface area contributed by atoms with Gasteiger partial charge in [0.15, 0.2) is 0 Å². The van der Waals surface area contributed by atoms with E-state index in [1.54, 1.807) is 34.1 Å². The molecule has 3 aliphatic rings. The Hall–Kier alpha value is -3.04. The third-order valence-electron chi connectivity index (χ3n) is 9.35. The molecule has 0 aromatic heterocycles. The number of ether oxygens (including phenoxy) is 1. The molecule has 46 heavy (non-hydrogen) atoms. The lowest BCUT2D eigenvalue weighted by molar-refractivity contribution is -0.123. The van der Waals surface area contributed by atoms with Gasteiger partial charge in [-0.1, -0.05) is 62.2 Å². The number of urea groups is 1. The summed E-state index contributed by atoms with van der Waals surface area (Å²) in [6.07, 6.45) is 2.67. The summed E-state index contributed by atoms with van der Waals surface area (Å²) >= 11 is 12.6. The minimum absolute atomic E-state index is 0.0697. The first kappa shape index (κ1) is 34.3. The third kappa shape index (κ3) is 6.82. The molecule has 0 bridgehead atoms. The summed E-state index contributed by atoms with van der Waals surface area (Å²) in [6.45, 7) is 13.7. The van der Waals surface area contributed by atoms with Crippen molar-refractivity contribution in [2.24, 2.45) is 17.3 Å². The van der Waals surface area contributed by atoms with Gasteiger partial charge in [0.05, 0.1) is 11.1 Å². The van der Waals surface area contributed by atoms with Gasteiger partial charge in [-0.25, -0.2) is 14.0 Å². The first-order valence-electron chi connectivity index (χ1n) is 16.1. The van der Waals surface area contributed by atoms with E-state index in [1.165, 1.54) is 6.07 Å². The molecular formula is C35H45Cl2FN4O4. The van der Waals surface area contributed by atoms with Crippen molar-refractivity contribution in [2.75, 3.05) is 31.5 Å². The van der Waals surface area contributed by atoms with Crippen molar-refractivity contribution in [3.63, 3.8) is 0 Å². The van der Waals surface area contributed by atoms with Crippen LogP contribution in [0.25, 0.3) is 0 Å². The minimum atomic E-state index is -1.26. The van der Waals surface area contributed by atoms with Crippen LogP contribution in [0.2, 0.25) is 10.0 Å². The molecule has 250 valence electrons. The molecule has 8 nitrogen and oxygen atoms in total. The Morgan fingerprint density at radius 3 is 2.43 bits per heavy atom. The smallest absolute Gasteiger partial charge is 0.410 e. The fourth-order valence-electron chi connectivity index (χ4n) is 7.49. The largest absolute Gasteiger partial charge is 0.444 e. The molecule has 2 aromatic carbocycles. The molecular weight excluding hydrogens is 630 g/mol. The van der Waals surface area contributed by atoms with Gasteiger partial charge < -0.3 is 25.2 Å². The summed E-state index contributed by atoms with van der Waals surface area (Å²) in [7, 11) is 0. The quantitative estimate of drug-likeness (QED) is 0.335. The lowest BCUT2D eigenvalue weighted by Gasteiger charge is -2.38. The number of carbonyl (C=O) groups excluding carboxylic acids is 3. The van der Waals surface area contributed by atoms with Gasteiger partial charge in [-0.15, -0.1) is 0 Å². The van der Waals surface area contributed by atoms with E-state index in [0.717, 1.165) is 19.3 Å². The van der Waals surface area contributed by atoms with Crippen LogP contribution >= 0.6 is 23.2 Å². The van der Waals surface area contributed by atoms with Crippen molar-refractivity contribution < 1.29 is 23.5 Å². The van der Waals surface area contributed by atoms with Gasteiger partial charge in [-0.05, 0) is 87.5 Å². The molecule has 3 aliphatic heterocycles. The molecule has 0 radical (unpaired) electrons. The highest BCUT2D eigenvalue weighted by atomic mass is 35.5. The molecule has 3 heterocycles. The number of hydrogen-bond donors (Lipinski definition) is 2. The standard InChI is InChI=1S/C35H45Cl2FN4O4/c1-33(2,3)19-22-20-42(31(44)39-15-12-21-13-16-41(17-14-21)32(45)46-34(4,5)6)29(24-8-7-9-26(37)28(24)38)35(22)25-11-10-23(36)18-27(25)40-30(35)43/h7-11,18,21-22,29H,12-17,19-20H2,1-6H3,(H,39,44)(H,40,43)/t22-,29-,35?/m1/s1. The number of amides is 4. The van der Waals surface area contributed by atoms with Crippen LogP contribution in [0.5, 0.6) is 0 Å². The summed E-state index contributed by atoms with van der Waals surface area (Å²) in [5.41, 5.74) is -0.517. The fraction of sp³-hybridized carbons (Fsp3) is 0.571. The van der Waals surface area contributed by atoms with E-state index in [0.29, 0.717) is 48.2 Å². The van der Waals surface area contributed by atoms with E-state index in [1.807, 2.05) is 26.8 Å². The van der Waals surface area contributed by atoms with Crippen molar-refractivity contribution in [2.45, 2.75) is 84.3 Å². The minimum Gasteiger partial charge on any atom is -0.444 e. The maximum atomic E-state index is 16.0. The number of likely N-dealkylation sites (tertiary alicyclic amines) is 2. The summed E-state index contributed by atoms with van der Waals surface area (Å²) in [6, 6.07) is 8.70. The van der Waals surface area contributed by atoms with Crippen molar-refractivity contribution in [1.82, 2.24) is 15.1 Å². The zero-order chi connectivity index (χ0) is 33.6. The monoisotopic (exact) mass is 674 g/mol. The average Bonchev–Trinajstić information content (AvgIpc) is 3.42. The fourth-order valence-corrected chi connectivity index (χ4v) is 7.84. The number of nitrogens with one attached hydrogen (secondary N) is 2. The summed E-state index contributed by atoms with van der Waals surface area (Å²) in [5, 5.41) is 6.50. The second-order valence-electron chi connectivity index (χ2n) is 15.1. The molecule has 11 heteroatoms. The van der Waals surface area contributed by atoms with Gasteiger partial charge in [0, 0.05) is 42.5 Å². The summed E-state index contributed by atoms with van der Waals surface area (Å²) < 4.78 is 21.5. The highest BCUT2D eigenvalue weighted by Crippen LogP contribution is 2.60. The number of nitrogens with zero attached hydrogens (tertiary/aromatic N) is 2. The number of halogens is 3. The Morgan fingerprint density at radius 2 is 1.78 bits per heavy atom. The van der Waals surface area contributed by atoms with E-state index in [4.69, 9.17) is 27.9 Å². The van der Waals surface area contributed by atoms with Crippen LogP contribution in [0, 0.1) is 23.1 Å². The molecule has 2 N–H and O–H groups in total.